The van der Waals surface area contributed by atoms with E-state index in [1.807, 2.05) is 0 Å². The van der Waals surface area contributed by atoms with Crippen LogP contribution < -0.4 is 10.1 Å². The number of carbonyl (C=O) groups is 1. The van der Waals surface area contributed by atoms with Crippen molar-refractivity contribution in [3.63, 3.8) is 0 Å². The van der Waals surface area contributed by atoms with Crippen LogP contribution in [0.15, 0.2) is 24.3 Å². The third-order valence-electron chi connectivity index (χ3n) is 2.47. The summed E-state index contributed by atoms with van der Waals surface area (Å²) in [5.41, 5.74) is 0. The zero-order valence-electron chi connectivity index (χ0n) is 11.0. The molecule has 0 aliphatic rings. The van der Waals surface area contributed by atoms with Crippen molar-refractivity contribution in [2.24, 2.45) is 0 Å². The van der Waals surface area contributed by atoms with Crippen molar-refractivity contribution in [3.05, 3.63) is 41.7 Å². The van der Waals surface area contributed by atoms with Gasteiger partial charge in [0.2, 0.25) is 5.91 Å². The van der Waals surface area contributed by atoms with Crippen molar-refractivity contribution < 1.29 is 13.9 Å². The fraction of sp³-hybridized carbons (Fsp3) is 0.308. The van der Waals surface area contributed by atoms with Crippen LogP contribution in [0.25, 0.3) is 0 Å². The summed E-state index contributed by atoms with van der Waals surface area (Å²) >= 11 is 0. The van der Waals surface area contributed by atoms with Crippen LogP contribution in [0.2, 0.25) is 0 Å². The molecule has 106 valence electrons. The lowest BCUT2D eigenvalue weighted by molar-refractivity contribution is -0.118. The second-order valence-corrected chi connectivity index (χ2v) is 4.18. The minimum atomic E-state index is -0.351. The Hall–Kier alpha value is -2.44. The number of hydrogen-bond acceptors (Lipinski definition) is 4. The lowest BCUT2D eigenvalue weighted by atomic mass is 10.3. The molecule has 0 unspecified atom stereocenters. The van der Waals surface area contributed by atoms with E-state index >= 15 is 0 Å². The Morgan fingerprint density at radius 2 is 2.35 bits per heavy atom. The second kappa shape index (κ2) is 6.65. The maximum atomic E-state index is 13.0. The van der Waals surface area contributed by atoms with Gasteiger partial charge in [-0.05, 0) is 12.1 Å². The molecule has 1 heterocycles. The summed E-state index contributed by atoms with van der Waals surface area (Å²) in [6.07, 6.45) is 0.538. The highest BCUT2D eigenvalue weighted by Crippen LogP contribution is 2.13. The Balaban J connectivity index is 1.82. The molecule has 2 aromatic rings. The largest absolute Gasteiger partial charge is 0.486 e. The van der Waals surface area contributed by atoms with Gasteiger partial charge in [0, 0.05) is 26.0 Å². The zero-order chi connectivity index (χ0) is 14.4. The van der Waals surface area contributed by atoms with Gasteiger partial charge >= 0.3 is 0 Å². The van der Waals surface area contributed by atoms with Gasteiger partial charge in [-0.3, -0.25) is 9.89 Å². The van der Waals surface area contributed by atoms with Crippen LogP contribution >= 0.6 is 0 Å². The number of hydrogen-bond donors (Lipinski definition) is 2. The second-order valence-electron chi connectivity index (χ2n) is 4.18. The fourth-order valence-corrected chi connectivity index (χ4v) is 1.57. The number of aromatic nitrogens is 3. The van der Waals surface area contributed by atoms with E-state index in [1.165, 1.54) is 19.1 Å². The number of H-pyrrole nitrogens is 1. The number of carbonyl (C=O) groups excluding carboxylic acids is 1. The number of nitrogens with zero attached hydrogens (tertiary/aromatic N) is 2. The highest BCUT2D eigenvalue weighted by atomic mass is 19.1. The van der Waals surface area contributed by atoms with Gasteiger partial charge in [0.1, 0.15) is 18.2 Å². The number of nitrogens with one attached hydrogen (secondary N) is 2. The summed E-state index contributed by atoms with van der Waals surface area (Å²) in [5, 5.41) is 9.40. The third kappa shape index (κ3) is 4.34. The van der Waals surface area contributed by atoms with E-state index in [0.29, 0.717) is 30.4 Å². The normalized spacial score (nSPS) is 10.3. The van der Waals surface area contributed by atoms with E-state index in [4.69, 9.17) is 4.74 Å². The van der Waals surface area contributed by atoms with Crippen molar-refractivity contribution in [1.29, 1.82) is 0 Å². The number of halogens is 1. The molecule has 1 aromatic heterocycles. The average Bonchev–Trinajstić information content (AvgIpc) is 2.84. The summed E-state index contributed by atoms with van der Waals surface area (Å²) in [5.74, 6) is 1.14. The SMILES string of the molecule is CC(=O)NCCc1n[nH]c(COc2cccc(F)c2)n1. The van der Waals surface area contributed by atoms with Crippen molar-refractivity contribution in [1.82, 2.24) is 20.5 Å². The first-order valence-corrected chi connectivity index (χ1v) is 6.16. The van der Waals surface area contributed by atoms with E-state index in [-0.39, 0.29) is 18.3 Å². The quantitative estimate of drug-likeness (QED) is 0.832. The molecule has 0 aliphatic heterocycles. The molecule has 0 saturated heterocycles. The minimum absolute atomic E-state index is 0.0878. The summed E-state index contributed by atoms with van der Waals surface area (Å²) in [6, 6.07) is 5.89. The summed E-state index contributed by atoms with van der Waals surface area (Å²) in [4.78, 5) is 14.9. The molecule has 0 atom stereocenters. The number of rotatable bonds is 6. The Labute approximate surface area is 115 Å². The highest BCUT2D eigenvalue weighted by molar-refractivity contribution is 5.72. The third-order valence-corrected chi connectivity index (χ3v) is 2.47. The summed E-state index contributed by atoms with van der Waals surface area (Å²) in [7, 11) is 0. The van der Waals surface area contributed by atoms with E-state index in [1.54, 1.807) is 12.1 Å². The van der Waals surface area contributed by atoms with E-state index in [2.05, 4.69) is 20.5 Å². The Morgan fingerprint density at radius 3 is 3.10 bits per heavy atom. The van der Waals surface area contributed by atoms with Crippen LogP contribution in [-0.4, -0.2) is 27.6 Å². The lowest BCUT2D eigenvalue weighted by Crippen LogP contribution is -2.22. The first-order valence-electron chi connectivity index (χ1n) is 6.16. The maximum Gasteiger partial charge on any atom is 0.216 e. The zero-order valence-corrected chi connectivity index (χ0v) is 11.0. The van der Waals surface area contributed by atoms with E-state index in [0.717, 1.165) is 0 Å². The van der Waals surface area contributed by atoms with Crippen LogP contribution in [-0.2, 0) is 17.8 Å². The van der Waals surface area contributed by atoms with Crippen molar-refractivity contribution in [2.45, 2.75) is 20.0 Å². The minimum Gasteiger partial charge on any atom is -0.486 e. The van der Waals surface area contributed by atoms with Gasteiger partial charge < -0.3 is 10.1 Å². The van der Waals surface area contributed by atoms with Crippen LogP contribution in [0.1, 0.15) is 18.6 Å². The Bertz CT molecular complexity index is 585. The van der Waals surface area contributed by atoms with Gasteiger partial charge in [-0.2, -0.15) is 5.10 Å². The first-order chi connectivity index (χ1) is 9.63. The van der Waals surface area contributed by atoms with Crippen molar-refractivity contribution in [2.75, 3.05) is 6.54 Å². The monoisotopic (exact) mass is 278 g/mol. The summed E-state index contributed by atoms with van der Waals surface area (Å²) < 4.78 is 18.3. The van der Waals surface area contributed by atoms with Gasteiger partial charge in [0.25, 0.3) is 0 Å². The fourth-order valence-electron chi connectivity index (χ4n) is 1.57. The number of benzene rings is 1. The topological polar surface area (TPSA) is 79.9 Å². The summed E-state index contributed by atoms with van der Waals surface area (Å²) in [6.45, 7) is 2.12. The van der Waals surface area contributed by atoms with Gasteiger partial charge in [-0.1, -0.05) is 6.07 Å². The molecule has 0 spiro atoms. The van der Waals surface area contributed by atoms with Crippen molar-refractivity contribution in [3.8, 4) is 5.75 Å². The number of ether oxygens (including phenoxy) is 1. The molecule has 0 saturated carbocycles. The van der Waals surface area contributed by atoms with Crippen LogP contribution in [0.4, 0.5) is 4.39 Å². The molecule has 1 amide bonds. The van der Waals surface area contributed by atoms with Crippen LogP contribution in [0.3, 0.4) is 0 Å². The molecule has 20 heavy (non-hydrogen) atoms. The predicted molar refractivity (Wildman–Crippen MR) is 69.5 cm³/mol. The van der Waals surface area contributed by atoms with Gasteiger partial charge in [0.15, 0.2) is 11.6 Å². The number of amides is 1. The molecular formula is C13H15FN4O2. The standard InChI is InChI=1S/C13H15FN4O2/c1-9(19)15-6-5-12-16-13(18-17-12)8-20-11-4-2-3-10(14)7-11/h2-4,7H,5-6,8H2,1H3,(H,15,19)(H,16,17,18). The molecule has 6 nitrogen and oxygen atoms in total. The molecule has 7 heteroatoms. The molecule has 0 aliphatic carbocycles. The predicted octanol–water partition coefficient (Wildman–Crippen LogP) is 1.20. The van der Waals surface area contributed by atoms with E-state index in [9.17, 15) is 9.18 Å². The van der Waals surface area contributed by atoms with Crippen LogP contribution in [0, 0.1) is 5.82 Å². The van der Waals surface area contributed by atoms with Gasteiger partial charge in [-0.15, -0.1) is 0 Å². The smallest absolute Gasteiger partial charge is 0.216 e. The lowest BCUT2D eigenvalue weighted by Gasteiger charge is -2.03. The molecule has 2 N–H and O–H groups in total. The van der Waals surface area contributed by atoms with Gasteiger partial charge in [-0.25, -0.2) is 9.37 Å². The molecule has 1 aromatic carbocycles. The molecule has 0 bridgehead atoms. The van der Waals surface area contributed by atoms with Crippen LogP contribution in [0.5, 0.6) is 5.75 Å². The average molecular weight is 278 g/mol. The van der Waals surface area contributed by atoms with E-state index < -0.39 is 0 Å². The molecule has 2 rings (SSSR count). The Kier molecular flexibility index (Phi) is 4.65. The highest BCUT2D eigenvalue weighted by Gasteiger charge is 2.04. The molecule has 0 radical (unpaired) electrons. The first kappa shape index (κ1) is 14.0. The maximum absolute atomic E-state index is 13.0. The number of aromatic amines is 1. The molecular weight excluding hydrogens is 263 g/mol. The Morgan fingerprint density at radius 1 is 1.50 bits per heavy atom. The van der Waals surface area contributed by atoms with Gasteiger partial charge in [0.05, 0.1) is 0 Å². The molecule has 0 fully saturated rings. The van der Waals surface area contributed by atoms with Crippen molar-refractivity contribution >= 4 is 5.91 Å².